The first-order valence-corrected chi connectivity index (χ1v) is 16.4. The number of aryl methyl sites for hydroxylation is 2. The number of methoxy groups -OCH3 is 1. The van der Waals surface area contributed by atoms with Crippen molar-refractivity contribution in [3.05, 3.63) is 166 Å². The van der Waals surface area contributed by atoms with Gasteiger partial charge in [0.05, 0.1) is 35.5 Å². The number of carbonyl (C=O) groups excluding carboxylic acids is 3. The van der Waals surface area contributed by atoms with Crippen LogP contribution in [0.4, 0.5) is 5.69 Å². The molecule has 3 aliphatic rings. The second kappa shape index (κ2) is 10.9. The van der Waals surface area contributed by atoms with E-state index in [1.54, 1.807) is 18.2 Å². The monoisotopic (exact) mass is 649 g/mol. The number of benzene rings is 5. The van der Waals surface area contributed by atoms with Crippen LogP contribution in [-0.2, 0) is 25.2 Å². The molecule has 5 aromatic rings. The number of hydrogen-bond acceptors (Lipinski definition) is 4. The predicted octanol–water partition coefficient (Wildman–Crippen LogP) is 8.15. The zero-order valence-corrected chi connectivity index (χ0v) is 27.5. The molecular weight excluding hydrogens is 618 g/mol. The Labute approximate surface area is 284 Å². The fourth-order valence-electron chi connectivity index (χ4n) is 8.64. The van der Waals surface area contributed by atoms with Crippen LogP contribution in [0.15, 0.2) is 127 Å². The summed E-state index contributed by atoms with van der Waals surface area (Å²) in [5, 5.41) is 0.358. The van der Waals surface area contributed by atoms with Gasteiger partial charge in [0.25, 0.3) is 0 Å². The van der Waals surface area contributed by atoms with E-state index in [1.807, 2.05) is 123 Å². The van der Waals surface area contributed by atoms with Gasteiger partial charge in [-0.15, -0.1) is 0 Å². The van der Waals surface area contributed by atoms with Crippen molar-refractivity contribution in [3.8, 4) is 5.75 Å². The Morgan fingerprint density at radius 3 is 1.46 bits per heavy atom. The number of amides is 2. The summed E-state index contributed by atoms with van der Waals surface area (Å²) in [6, 6.07) is 40.2. The van der Waals surface area contributed by atoms with Crippen molar-refractivity contribution in [2.75, 3.05) is 12.0 Å². The molecule has 1 heterocycles. The molecule has 5 nitrogen and oxygen atoms in total. The number of rotatable bonds is 6. The molecule has 236 valence electrons. The van der Waals surface area contributed by atoms with Crippen molar-refractivity contribution >= 4 is 46.0 Å². The number of carbonyl (C=O) groups is 3. The van der Waals surface area contributed by atoms with E-state index in [2.05, 4.69) is 0 Å². The van der Waals surface area contributed by atoms with Gasteiger partial charge < -0.3 is 4.74 Å². The summed E-state index contributed by atoms with van der Waals surface area (Å²) < 4.78 is 5.66. The second-order valence-corrected chi connectivity index (χ2v) is 13.4. The molecule has 0 unspecified atom stereocenters. The Morgan fingerprint density at radius 1 is 0.604 bits per heavy atom. The normalized spacial score (nSPS) is 24.4. The van der Waals surface area contributed by atoms with Crippen molar-refractivity contribution < 1.29 is 19.1 Å². The molecule has 6 heteroatoms. The lowest BCUT2D eigenvalue weighted by Gasteiger charge is -2.39. The quantitative estimate of drug-likeness (QED) is 0.174. The van der Waals surface area contributed by atoms with Crippen molar-refractivity contribution in [1.82, 2.24) is 0 Å². The highest BCUT2D eigenvalue weighted by atomic mass is 35.5. The zero-order valence-electron chi connectivity index (χ0n) is 26.7. The summed E-state index contributed by atoms with van der Waals surface area (Å²) in [4.78, 5) is 47.7. The molecule has 4 atom stereocenters. The number of Topliss-reactive ketones (excluding diaryl/α,β-unsaturated/α-hetero) is 1. The first-order valence-electron chi connectivity index (χ1n) is 16.0. The Morgan fingerprint density at radius 2 is 1.04 bits per heavy atom. The summed E-state index contributed by atoms with van der Waals surface area (Å²) in [6.45, 7) is 4.05. The summed E-state index contributed by atoms with van der Waals surface area (Å²) in [5.74, 6) is -2.79. The van der Waals surface area contributed by atoms with Gasteiger partial charge in [0.15, 0.2) is 5.78 Å². The molecular formula is C42H32ClNO4. The van der Waals surface area contributed by atoms with Gasteiger partial charge in [-0.05, 0) is 65.4 Å². The molecule has 0 aromatic heterocycles. The minimum atomic E-state index is -1.48. The summed E-state index contributed by atoms with van der Waals surface area (Å²) >= 11 is 6.47. The zero-order chi connectivity index (χ0) is 33.4. The van der Waals surface area contributed by atoms with Crippen LogP contribution in [-0.4, -0.2) is 24.7 Å². The average Bonchev–Trinajstić information content (AvgIpc) is 3.61. The molecule has 0 radical (unpaired) electrons. The number of hydrogen-bond donors (Lipinski definition) is 0. The maximum absolute atomic E-state index is 16.0. The number of fused-ring (bicyclic) bond motifs is 5. The lowest BCUT2D eigenvalue weighted by atomic mass is 9.59. The molecule has 2 amide bonds. The van der Waals surface area contributed by atoms with Gasteiger partial charge in [0.2, 0.25) is 11.8 Å². The first kappa shape index (κ1) is 30.1. The lowest BCUT2D eigenvalue weighted by molar-refractivity contribution is -0.130. The number of halogens is 1. The van der Waals surface area contributed by atoms with E-state index in [9.17, 15) is 0 Å². The molecule has 0 spiro atoms. The number of allylic oxidation sites excluding steroid dienone is 2. The molecule has 0 N–H and O–H groups in total. The standard InChI is InChI=1S/C42H32ClNO4/c1-25-14-18-27(19-15-25)34-35(28-20-16-26(2)17-21-28)42(30-12-8-5-9-13-30)37-36(41(34,40(42)47)29-10-6-4-7-11-29)38(45)44(39(37)46)32-24-31(43)22-23-33(32)48-3/h4-24,36-37H,1-3H3/t36-,37+,41-,42-/m0/s1. The van der Waals surface area contributed by atoms with Gasteiger partial charge >= 0.3 is 0 Å². The van der Waals surface area contributed by atoms with Crippen molar-refractivity contribution in [2.24, 2.45) is 11.8 Å². The largest absolute Gasteiger partial charge is 0.495 e. The third kappa shape index (κ3) is 3.82. The Bertz CT molecular complexity index is 2030. The smallest absolute Gasteiger partial charge is 0.239 e. The van der Waals surface area contributed by atoms with E-state index in [0.717, 1.165) is 33.4 Å². The van der Waals surface area contributed by atoms with Crippen LogP contribution in [0.3, 0.4) is 0 Å². The van der Waals surface area contributed by atoms with Crippen LogP contribution in [0.1, 0.15) is 33.4 Å². The van der Waals surface area contributed by atoms with Crippen LogP contribution >= 0.6 is 11.6 Å². The summed E-state index contributed by atoms with van der Waals surface area (Å²) in [5.41, 5.74) is 4.00. The maximum atomic E-state index is 16.0. The van der Waals surface area contributed by atoms with Gasteiger partial charge in [-0.1, -0.05) is 132 Å². The second-order valence-electron chi connectivity index (χ2n) is 12.9. The highest BCUT2D eigenvalue weighted by Crippen LogP contribution is 2.74. The average molecular weight is 650 g/mol. The number of ether oxygens (including phenoxy) is 1. The third-order valence-corrected chi connectivity index (χ3v) is 10.7. The Balaban J connectivity index is 1.55. The minimum absolute atomic E-state index is 0.159. The van der Waals surface area contributed by atoms with Crippen LogP contribution in [0.5, 0.6) is 5.75 Å². The van der Waals surface area contributed by atoms with Crippen LogP contribution in [0, 0.1) is 25.7 Å². The highest BCUT2D eigenvalue weighted by molar-refractivity contribution is 6.39. The van der Waals surface area contributed by atoms with Gasteiger partial charge in [-0.25, -0.2) is 4.90 Å². The van der Waals surface area contributed by atoms with E-state index < -0.39 is 34.5 Å². The van der Waals surface area contributed by atoms with Crippen LogP contribution in [0.25, 0.3) is 11.1 Å². The molecule has 2 fully saturated rings. The summed E-state index contributed by atoms with van der Waals surface area (Å²) in [6.07, 6.45) is 0. The highest BCUT2D eigenvalue weighted by Gasteiger charge is 2.82. The lowest BCUT2D eigenvalue weighted by Crippen LogP contribution is -2.45. The van der Waals surface area contributed by atoms with E-state index in [1.165, 1.54) is 12.0 Å². The van der Waals surface area contributed by atoms with Gasteiger partial charge in [0.1, 0.15) is 5.75 Å². The third-order valence-electron chi connectivity index (χ3n) is 10.5. The van der Waals surface area contributed by atoms with Crippen LogP contribution in [0.2, 0.25) is 5.02 Å². The Kier molecular flexibility index (Phi) is 6.83. The van der Waals surface area contributed by atoms with Gasteiger partial charge in [0, 0.05) is 5.02 Å². The number of ketones is 1. The van der Waals surface area contributed by atoms with Crippen LogP contribution < -0.4 is 9.64 Å². The SMILES string of the molecule is COc1ccc(Cl)cc1N1C(=O)[C@@H]2[C@H](C1=O)[C@@]1(c3ccccc3)C(=O)[C@@]2(c2ccccc2)C(c2ccc(C)cc2)=C1c1ccc(C)cc1. The van der Waals surface area contributed by atoms with Crippen molar-refractivity contribution in [3.63, 3.8) is 0 Å². The molecule has 2 bridgehead atoms. The number of nitrogens with zero attached hydrogens (tertiary/aromatic N) is 1. The molecule has 1 saturated carbocycles. The van der Waals surface area contributed by atoms with Gasteiger partial charge in [-0.2, -0.15) is 0 Å². The number of imide groups is 1. The fraction of sp³-hybridized carbons (Fsp3) is 0.167. The Hall–Kier alpha value is -5.26. The molecule has 8 rings (SSSR count). The topological polar surface area (TPSA) is 63.7 Å². The van der Waals surface area contributed by atoms with Gasteiger partial charge in [-0.3, -0.25) is 14.4 Å². The van der Waals surface area contributed by atoms with E-state index in [0.29, 0.717) is 21.9 Å². The van der Waals surface area contributed by atoms with E-state index in [4.69, 9.17) is 16.3 Å². The predicted molar refractivity (Wildman–Crippen MR) is 188 cm³/mol. The molecule has 5 aromatic carbocycles. The molecule has 48 heavy (non-hydrogen) atoms. The minimum Gasteiger partial charge on any atom is -0.495 e. The van der Waals surface area contributed by atoms with E-state index >= 15 is 14.4 Å². The first-order chi connectivity index (χ1) is 23.3. The van der Waals surface area contributed by atoms with Crippen molar-refractivity contribution in [1.29, 1.82) is 0 Å². The fourth-order valence-corrected chi connectivity index (χ4v) is 8.81. The summed E-state index contributed by atoms with van der Waals surface area (Å²) in [7, 11) is 1.50. The molecule has 1 aliphatic heterocycles. The number of anilines is 1. The van der Waals surface area contributed by atoms with Crippen molar-refractivity contribution in [2.45, 2.75) is 24.7 Å². The molecule has 1 saturated heterocycles. The van der Waals surface area contributed by atoms with E-state index in [-0.39, 0.29) is 11.5 Å². The molecule has 2 aliphatic carbocycles. The maximum Gasteiger partial charge on any atom is 0.239 e.